The maximum absolute atomic E-state index is 12.5. The van der Waals surface area contributed by atoms with E-state index in [2.05, 4.69) is 32.7 Å². The number of amides is 2. The lowest BCUT2D eigenvalue weighted by Crippen LogP contribution is -2.41. The second-order valence-electron chi connectivity index (χ2n) is 7.40. The highest BCUT2D eigenvalue weighted by Crippen LogP contribution is 2.34. The molecule has 0 saturated carbocycles. The summed E-state index contributed by atoms with van der Waals surface area (Å²) in [5.74, 6) is -1.33. The number of para-hydroxylation sites is 1. The standard InChI is InChI=1S/C24H24N4O2/c1-17-8-10-20(11-9-17)27-24(30)23(29)26-16-22(19-6-4-13-25-15-19)28-14-12-18-5-2-3-7-21(18)28/h2-11,13,15,22H,12,14,16H2,1H3,(H,26,29)(H,27,30)/t22-/m1/s1. The van der Waals surface area contributed by atoms with Crippen LogP contribution in [0.25, 0.3) is 0 Å². The molecule has 30 heavy (non-hydrogen) atoms. The number of carbonyl (C=O) groups excluding carboxylic acids is 2. The molecule has 1 aromatic heterocycles. The van der Waals surface area contributed by atoms with Crippen LogP contribution in [0.3, 0.4) is 0 Å². The van der Waals surface area contributed by atoms with E-state index in [0.29, 0.717) is 12.2 Å². The zero-order valence-electron chi connectivity index (χ0n) is 16.8. The van der Waals surface area contributed by atoms with Crippen molar-refractivity contribution >= 4 is 23.2 Å². The van der Waals surface area contributed by atoms with Crippen LogP contribution in [0, 0.1) is 6.92 Å². The molecule has 2 aromatic carbocycles. The summed E-state index contributed by atoms with van der Waals surface area (Å²) in [6.45, 7) is 3.12. The number of fused-ring (bicyclic) bond motifs is 1. The van der Waals surface area contributed by atoms with Gasteiger partial charge in [0.1, 0.15) is 0 Å². The molecule has 1 aliphatic rings. The highest BCUT2D eigenvalue weighted by atomic mass is 16.2. The SMILES string of the molecule is Cc1ccc(NC(=O)C(=O)NC[C@H](c2cccnc2)N2CCc3ccccc32)cc1. The van der Waals surface area contributed by atoms with Crippen LogP contribution in [0.5, 0.6) is 0 Å². The highest BCUT2D eigenvalue weighted by molar-refractivity contribution is 6.39. The third kappa shape index (κ3) is 4.33. The van der Waals surface area contributed by atoms with Gasteiger partial charge in [0.05, 0.1) is 6.04 Å². The number of hydrogen-bond acceptors (Lipinski definition) is 4. The smallest absolute Gasteiger partial charge is 0.313 e. The van der Waals surface area contributed by atoms with Crippen molar-refractivity contribution < 1.29 is 9.59 Å². The summed E-state index contributed by atoms with van der Waals surface area (Å²) >= 11 is 0. The van der Waals surface area contributed by atoms with E-state index >= 15 is 0 Å². The molecule has 0 radical (unpaired) electrons. The summed E-state index contributed by atoms with van der Waals surface area (Å²) in [6.07, 6.45) is 4.49. The maximum atomic E-state index is 12.5. The Hall–Kier alpha value is -3.67. The quantitative estimate of drug-likeness (QED) is 0.645. The van der Waals surface area contributed by atoms with Gasteiger partial charge in [0, 0.05) is 36.9 Å². The Morgan fingerprint density at radius 3 is 2.60 bits per heavy atom. The molecular formula is C24H24N4O2. The van der Waals surface area contributed by atoms with Crippen LogP contribution < -0.4 is 15.5 Å². The summed E-state index contributed by atoms with van der Waals surface area (Å²) in [4.78, 5) is 31.3. The van der Waals surface area contributed by atoms with Gasteiger partial charge in [0.25, 0.3) is 0 Å². The molecule has 2 amide bonds. The Bertz CT molecular complexity index is 1030. The molecular weight excluding hydrogens is 376 g/mol. The fourth-order valence-electron chi connectivity index (χ4n) is 3.76. The van der Waals surface area contributed by atoms with E-state index in [1.807, 2.05) is 49.5 Å². The summed E-state index contributed by atoms with van der Waals surface area (Å²) in [7, 11) is 0. The summed E-state index contributed by atoms with van der Waals surface area (Å²) in [6, 6.07) is 19.4. The highest BCUT2D eigenvalue weighted by Gasteiger charge is 2.28. The first-order chi connectivity index (χ1) is 14.6. The van der Waals surface area contributed by atoms with E-state index in [1.54, 1.807) is 18.3 Å². The number of aromatic nitrogens is 1. The van der Waals surface area contributed by atoms with Gasteiger partial charge in [-0.2, -0.15) is 0 Å². The lowest BCUT2D eigenvalue weighted by Gasteiger charge is -2.30. The molecule has 1 aliphatic heterocycles. The van der Waals surface area contributed by atoms with Gasteiger partial charge in [-0.25, -0.2) is 0 Å². The number of anilines is 2. The zero-order chi connectivity index (χ0) is 20.9. The zero-order valence-corrected chi connectivity index (χ0v) is 16.8. The molecule has 152 valence electrons. The van der Waals surface area contributed by atoms with Gasteiger partial charge < -0.3 is 15.5 Å². The maximum Gasteiger partial charge on any atom is 0.313 e. The van der Waals surface area contributed by atoms with Crippen molar-refractivity contribution in [3.8, 4) is 0 Å². The van der Waals surface area contributed by atoms with Crippen molar-refractivity contribution in [2.75, 3.05) is 23.3 Å². The Balaban J connectivity index is 1.47. The van der Waals surface area contributed by atoms with Crippen LogP contribution in [0.4, 0.5) is 11.4 Å². The van der Waals surface area contributed by atoms with Crippen LogP contribution in [0.1, 0.15) is 22.7 Å². The van der Waals surface area contributed by atoms with Gasteiger partial charge in [-0.15, -0.1) is 0 Å². The van der Waals surface area contributed by atoms with Crippen LogP contribution >= 0.6 is 0 Å². The van der Waals surface area contributed by atoms with Crippen LogP contribution in [-0.2, 0) is 16.0 Å². The average molecular weight is 400 g/mol. The molecule has 0 saturated heterocycles. The van der Waals surface area contributed by atoms with E-state index in [9.17, 15) is 9.59 Å². The largest absolute Gasteiger partial charge is 0.362 e. The molecule has 0 unspecified atom stereocenters. The van der Waals surface area contributed by atoms with E-state index in [4.69, 9.17) is 0 Å². The molecule has 4 rings (SSSR count). The van der Waals surface area contributed by atoms with E-state index in [0.717, 1.165) is 29.8 Å². The van der Waals surface area contributed by atoms with E-state index < -0.39 is 11.8 Å². The number of rotatable bonds is 5. The first kappa shape index (κ1) is 19.6. The molecule has 6 heteroatoms. The van der Waals surface area contributed by atoms with Crippen molar-refractivity contribution in [2.45, 2.75) is 19.4 Å². The number of benzene rings is 2. The molecule has 1 atom stereocenters. The Morgan fingerprint density at radius 1 is 1.03 bits per heavy atom. The molecule has 0 fully saturated rings. The summed E-state index contributed by atoms with van der Waals surface area (Å²) in [5.41, 5.74) is 5.12. The molecule has 3 aromatic rings. The van der Waals surface area contributed by atoms with E-state index in [-0.39, 0.29) is 6.04 Å². The normalized spacial score (nSPS) is 13.4. The fraction of sp³-hybridized carbons (Fsp3) is 0.208. The third-order valence-electron chi connectivity index (χ3n) is 5.34. The van der Waals surface area contributed by atoms with Gasteiger partial charge in [-0.1, -0.05) is 42.0 Å². The number of nitrogens with zero attached hydrogens (tertiary/aromatic N) is 2. The van der Waals surface area contributed by atoms with Gasteiger partial charge >= 0.3 is 11.8 Å². The van der Waals surface area contributed by atoms with Crippen molar-refractivity contribution in [3.63, 3.8) is 0 Å². The number of aryl methyl sites for hydroxylation is 1. The Kier molecular flexibility index (Phi) is 5.75. The minimum atomic E-state index is -0.675. The Labute approximate surface area is 175 Å². The summed E-state index contributed by atoms with van der Waals surface area (Å²) < 4.78 is 0. The molecule has 0 aliphatic carbocycles. The molecule has 2 N–H and O–H groups in total. The monoisotopic (exact) mass is 400 g/mol. The van der Waals surface area contributed by atoms with Gasteiger partial charge in [0.15, 0.2) is 0 Å². The minimum absolute atomic E-state index is 0.113. The predicted molar refractivity (Wildman–Crippen MR) is 117 cm³/mol. The van der Waals surface area contributed by atoms with Gasteiger partial charge in [-0.3, -0.25) is 14.6 Å². The second-order valence-corrected chi connectivity index (χ2v) is 7.40. The predicted octanol–water partition coefficient (Wildman–Crippen LogP) is 3.25. The minimum Gasteiger partial charge on any atom is -0.362 e. The Morgan fingerprint density at radius 2 is 1.83 bits per heavy atom. The van der Waals surface area contributed by atoms with Gasteiger partial charge in [-0.05, 0) is 48.7 Å². The number of hydrogen-bond donors (Lipinski definition) is 2. The first-order valence-electron chi connectivity index (χ1n) is 10.0. The molecule has 6 nitrogen and oxygen atoms in total. The first-order valence-corrected chi connectivity index (χ1v) is 10.0. The van der Waals surface area contributed by atoms with Crippen molar-refractivity contribution in [3.05, 3.63) is 89.7 Å². The molecule has 0 bridgehead atoms. The molecule has 0 spiro atoms. The molecule has 2 heterocycles. The number of nitrogens with one attached hydrogen (secondary N) is 2. The van der Waals surface area contributed by atoms with Crippen molar-refractivity contribution in [1.82, 2.24) is 10.3 Å². The van der Waals surface area contributed by atoms with Crippen LogP contribution in [-0.4, -0.2) is 29.9 Å². The summed E-state index contributed by atoms with van der Waals surface area (Å²) in [5, 5.41) is 5.44. The number of pyridine rings is 1. The van der Waals surface area contributed by atoms with Crippen LogP contribution in [0.15, 0.2) is 73.1 Å². The van der Waals surface area contributed by atoms with Gasteiger partial charge in [0.2, 0.25) is 0 Å². The lowest BCUT2D eigenvalue weighted by molar-refractivity contribution is -0.136. The van der Waals surface area contributed by atoms with Crippen molar-refractivity contribution in [2.24, 2.45) is 0 Å². The lowest BCUT2D eigenvalue weighted by atomic mass is 10.1. The van der Waals surface area contributed by atoms with E-state index in [1.165, 1.54) is 5.56 Å². The third-order valence-corrected chi connectivity index (χ3v) is 5.34. The van der Waals surface area contributed by atoms with Crippen molar-refractivity contribution in [1.29, 1.82) is 0 Å². The fourth-order valence-corrected chi connectivity index (χ4v) is 3.76. The second kappa shape index (κ2) is 8.78. The average Bonchev–Trinajstić information content (AvgIpc) is 3.20. The topological polar surface area (TPSA) is 74.3 Å². The van der Waals surface area contributed by atoms with Crippen LogP contribution in [0.2, 0.25) is 0 Å². The number of carbonyl (C=O) groups is 2.